The molecule has 2 rings (SSSR count). The van der Waals surface area contributed by atoms with Crippen molar-refractivity contribution in [1.82, 2.24) is 10.2 Å². The number of likely N-dealkylation sites (tertiary alicyclic amines) is 1. The van der Waals surface area contributed by atoms with Crippen molar-refractivity contribution in [1.29, 1.82) is 0 Å². The van der Waals surface area contributed by atoms with Crippen LogP contribution in [-0.4, -0.2) is 60.9 Å². The highest BCUT2D eigenvalue weighted by Crippen LogP contribution is 2.18. The van der Waals surface area contributed by atoms with Crippen LogP contribution in [0.5, 0.6) is 0 Å². The predicted molar refractivity (Wildman–Crippen MR) is 72.9 cm³/mol. The van der Waals surface area contributed by atoms with E-state index in [0.717, 1.165) is 38.8 Å². The summed E-state index contributed by atoms with van der Waals surface area (Å²) in [5.74, 6) is 0.168. The third-order valence-corrected chi connectivity index (χ3v) is 4.07. The average molecular weight is 270 g/mol. The maximum absolute atomic E-state index is 11.9. The molecule has 19 heavy (non-hydrogen) atoms. The van der Waals surface area contributed by atoms with Crippen LogP contribution >= 0.6 is 0 Å². The summed E-state index contributed by atoms with van der Waals surface area (Å²) in [5.41, 5.74) is 0. The first-order valence-corrected chi connectivity index (χ1v) is 7.52. The van der Waals surface area contributed by atoms with Gasteiger partial charge in [-0.15, -0.1) is 0 Å². The van der Waals surface area contributed by atoms with Gasteiger partial charge in [-0.3, -0.25) is 9.69 Å². The zero-order valence-electron chi connectivity index (χ0n) is 11.6. The first-order valence-electron chi connectivity index (χ1n) is 7.52. The topological polar surface area (TPSA) is 61.8 Å². The van der Waals surface area contributed by atoms with Crippen LogP contribution in [-0.2, 0) is 9.53 Å². The van der Waals surface area contributed by atoms with Crippen LogP contribution in [0, 0.1) is 0 Å². The molecule has 1 heterocycles. The highest BCUT2D eigenvalue weighted by Gasteiger charge is 2.22. The van der Waals surface area contributed by atoms with Crippen molar-refractivity contribution < 1.29 is 14.6 Å². The fourth-order valence-corrected chi connectivity index (χ4v) is 3.00. The van der Waals surface area contributed by atoms with Crippen molar-refractivity contribution in [2.45, 2.75) is 50.7 Å². The number of nitrogens with one attached hydrogen (secondary N) is 1. The molecule has 2 N–H and O–H groups in total. The minimum absolute atomic E-state index is 0.0873. The van der Waals surface area contributed by atoms with Crippen molar-refractivity contribution in [2.75, 3.05) is 32.8 Å². The lowest BCUT2D eigenvalue weighted by Crippen LogP contribution is -2.45. The van der Waals surface area contributed by atoms with Gasteiger partial charge in [-0.05, 0) is 25.7 Å². The molecule has 1 aliphatic heterocycles. The van der Waals surface area contributed by atoms with Crippen molar-refractivity contribution in [3.05, 3.63) is 0 Å². The molecule has 0 radical (unpaired) electrons. The standard InChI is InChI=1S/C14H26N2O3/c17-9-10-19-13-5-7-16(8-6-13)11-14(18)15-12-3-1-2-4-12/h12-13,17H,1-11H2,(H,15,18). The molecule has 5 heteroatoms. The molecule has 1 amide bonds. The number of rotatable bonds is 6. The van der Waals surface area contributed by atoms with E-state index in [1.807, 2.05) is 0 Å². The fraction of sp³-hybridized carbons (Fsp3) is 0.929. The summed E-state index contributed by atoms with van der Waals surface area (Å²) in [7, 11) is 0. The van der Waals surface area contributed by atoms with E-state index in [-0.39, 0.29) is 18.6 Å². The Kier molecular flexibility index (Phi) is 6.07. The molecule has 0 aromatic heterocycles. The van der Waals surface area contributed by atoms with E-state index >= 15 is 0 Å². The van der Waals surface area contributed by atoms with E-state index in [4.69, 9.17) is 9.84 Å². The molecule has 0 aromatic carbocycles. The Labute approximate surface area is 115 Å². The Morgan fingerprint density at radius 3 is 2.53 bits per heavy atom. The van der Waals surface area contributed by atoms with Crippen molar-refractivity contribution in [3.63, 3.8) is 0 Å². The molecule has 0 bridgehead atoms. The maximum atomic E-state index is 11.9. The number of aliphatic hydroxyl groups is 1. The van der Waals surface area contributed by atoms with Gasteiger partial charge in [0, 0.05) is 19.1 Å². The number of ether oxygens (including phenoxy) is 1. The second-order valence-electron chi connectivity index (χ2n) is 5.62. The highest BCUT2D eigenvalue weighted by atomic mass is 16.5. The van der Waals surface area contributed by atoms with E-state index in [1.165, 1.54) is 12.8 Å². The Balaban J connectivity index is 1.60. The summed E-state index contributed by atoms with van der Waals surface area (Å²) in [4.78, 5) is 14.1. The summed E-state index contributed by atoms with van der Waals surface area (Å²) < 4.78 is 5.52. The third-order valence-electron chi connectivity index (χ3n) is 4.07. The Morgan fingerprint density at radius 2 is 1.89 bits per heavy atom. The number of nitrogens with zero attached hydrogens (tertiary/aromatic N) is 1. The summed E-state index contributed by atoms with van der Waals surface area (Å²) >= 11 is 0. The second kappa shape index (κ2) is 7.82. The number of amides is 1. The molecule has 2 aliphatic rings. The maximum Gasteiger partial charge on any atom is 0.234 e. The third kappa shape index (κ3) is 5.09. The summed E-state index contributed by atoms with van der Waals surface area (Å²) in [6.45, 7) is 2.85. The molecule has 1 aliphatic carbocycles. The molecule has 1 saturated carbocycles. The van der Waals surface area contributed by atoms with E-state index in [9.17, 15) is 4.79 Å². The summed E-state index contributed by atoms with van der Waals surface area (Å²) in [6.07, 6.45) is 6.94. The second-order valence-corrected chi connectivity index (χ2v) is 5.62. The first-order chi connectivity index (χ1) is 9.28. The van der Waals surface area contributed by atoms with Crippen molar-refractivity contribution in [2.24, 2.45) is 0 Å². The van der Waals surface area contributed by atoms with Gasteiger partial charge in [0.15, 0.2) is 0 Å². The van der Waals surface area contributed by atoms with E-state index < -0.39 is 0 Å². The van der Waals surface area contributed by atoms with Crippen LogP contribution in [0.25, 0.3) is 0 Å². The number of piperidine rings is 1. The van der Waals surface area contributed by atoms with E-state index in [0.29, 0.717) is 19.2 Å². The van der Waals surface area contributed by atoms with Gasteiger partial charge in [0.05, 0.1) is 25.9 Å². The van der Waals surface area contributed by atoms with Crippen LogP contribution in [0.15, 0.2) is 0 Å². The Morgan fingerprint density at radius 1 is 1.21 bits per heavy atom. The van der Waals surface area contributed by atoms with Crippen LogP contribution in [0.2, 0.25) is 0 Å². The summed E-state index contributed by atoms with van der Waals surface area (Å²) in [5, 5.41) is 11.8. The lowest BCUT2D eigenvalue weighted by Gasteiger charge is -2.31. The van der Waals surface area contributed by atoms with Crippen molar-refractivity contribution >= 4 is 5.91 Å². The molecular formula is C14H26N2O3. The van der Waals surface area contributed by atoms with Crippen molar-refractivity contribution in [3.8, 4) is 0 Å². The molecule has 110 valence electrons. The van der Waals surface area contributed by atoms with E-state index in [2.05, 4.69) is 10.2 Å². The average Bonchev–Trinajstić information content (AvgIpc) is 2.90. The molecule has 5 nitrogen and oxygen atoms in total. The zero-order valence-corrected chi connectivity index (χ0v) is 11.6. The highest BCUT2D eigenvalue weighted by molar-refractivity contribution is 5.78. The van der Waals surface area contributed by atoms with Crippen LogP contribution in [0.1, 0.15) is 38.5 Å². The molecular weight excluding hydrogens is 244 g/mol. The van der Waals surface area contributed by atoms with Gasteiger partial charge in [0.1, 0.15) is 0 Å². The molecule has 0 atom stereocenters. The number of carbonyl (C=O) groups is 1. The number of aliphatic hydroxyl groups excluding tert-OH is 1. The van der Waals surface area contributed by atoms with Crippen LogP contribution in [0.4, 0.5) is 0 Å². The minimum atomic E-state index is 0.0873. The number of hydrogen-bond acceptors (Lipinski definition) is 4. The zero-order chi connectivity index (χ0) is 13.5. The van der Waals surface area contributed by atoms with Gasteiger partial charge in [-0.25, -0.2) is 0 Å². The molecule has 0 aromatic rings. The minimum Gasteiger partial charge on any atom is -0.394 e. The van der Waals surface area contributed by atoms with Gasteiger partial charge in [0.25, 0.3) is 0 Å². The lowest BCUT2D eigenvalue weighted by molar-refractivity contribution is -0.123. The van der Waals surface area contributed by atoms with E-state index in [1.54, 1.807) is 0 Å². The quantitative estimate of drug-likeness (QED) is 0.738. The van der Waals surface area contributed by atoms with Gasteiger partial charge in [0.2, 0.25) is 5.91 Å². The monoisotopic (exact) mass is 270 g/mol. The van der Waals surface area contributed by atoms with Gasteiger partial charge in [-0.1, -0.05) is 12.8 Å². The van der Waals surface area contributed by atoms with Gasteiger partial charge in [-0.2, -0.15) is 0 Å². The fourth-order valence-electron chi connectivity index (χ4n) is 3.00. The van der Waals surface area contributed by atoms with Crippen LogP contribution in [0.3, 0.4) is 0 Å². The molecule has 0 unspecified atom stereocenters. The normalized spacial score (nSPS) is 22.8. The lowest BCUT2D eigenvalue weighted by atomic mass is 10.1. The smallest absolute Gasteiger partial charge is 0.234 e. The summed E-state index contributed by atoms with van der Waals surface area (Å²) in [6, 6.07) is 0.415. The van der Waals surface area contributed by atoms with Crippen LogP contribution < -0.4 is 5.32 Å². The van der Waals surface area contributed by atoms with Gasteiger partial charge >= 0.3 is 0 Å². The molecule has 2 fully saturated rings. The first kappa shape index (κ1) is 14.8. The molecule has 0 spiro atoms. The van der Waals surface area contributed by atoms with Gasteiger partial charge < -0.3 is 15.2 Å². The Bertz CT molecular complexity index is 272. The SMILES string of the molecule is O=C(CN1CCC(OCCO)CC1)NC1CCCC1. The Hall–Kier alpha value is -0.650. The largest absolute Gasteiger partial charge is 0.394 e. The predicted octanol–water partition coefficient (Wildman–Crippen LogP) is 0.518. The number of carbonyl (C=O) groups excluding carboxylic acids is 1. The number of hydrogen-bond donors (Lipinski definition) is 2. The molecule has 1 saturated heterocycles.